The minimum atomic E-state index is -0.597. The maximum Gasteiger partial charge on any atom is 0.191 e. The monoisotopic (exact) mass is 481 g/mol. The van der Waals surface area contributed by atoms with Crippen molar-refractivity contribution in [3.05, 3.63) is 35.9 Å². The molecule has 0 bridgehead atoms. The minimum absolute atomic E-state index is 0. The van der Waals surface area contributed by atoms with Gasteiger partial charge in [-0.05, 0) is 37.3 Å². The Kier molecular flexibility index (Phi) is 16.6. The first kappa shape index (κ1) is 24.5. The molecular formula is C18H32IN3O2S. The molecule has 0 saturated carbocycles. The van der Waals surface area contributed by atoms with Crippen LogP contribution in [0.5, 0.6) is 0 Å². The average Bonchev–Trinajstić information content (AvgIpc) is 2.60. The zero-order chi connectivity index (χ0) is 17.5. The van der Waals surface area contributed by atoms with E-state index in [0.717, 1.165) is 31.0 Å². The van der Waals surface area contributed by atoms with Crippen LogP contribution in [0.4, 0.5) is 0 Å². The summed E-state index contributed by atoms with van der Waals surface area (Å²) >= 11 is 1.87. The predicted molar refractivity (Wildman–Crippen MR) is 119 cm³/mol. The van der Waals surface area contributed by atoms with Crippen LogP contribution in [0.1, 0.15) is 25.3 Å². The molecule has 0 saturated heterocycles. The van der Waals surface area contributed by atoms with Crippen molar-refractivity contribution >= 4 is 41.7 Å². The Hall–Kier alpha value is -0.510. The largest absolute Gasteiger partial charge is 0.389 e. The van der Waals surface area contributed by atoms with Gasteiger partial charge in [0.25, 0.3) is 0 Å². The number of aliphatic imine (C=N–C) groups is 1. The molecule has 1 atom stereocenters. The number of hydrogen-bond acceptors (Lipinski definition) is 4. The lowest BCUT2D eigenvalue weighted by atomic mass is 10.2. The van der Waals surface area contributed by atoms with Gasteiger partial charge in [-0.3, -0.25) is 4.99 Å². The van der Waals surface area contributed by atoms with Gasteiger partial charge in [0.15, 0.2) is 5.96 Å². The first-order chi connectivity index (χ1) is 11.8. The van der Waals surface area contributed by atoms with E-state index in [4.69, 9.17) is 4.74 Å². The van der Waals surface area contributed by atoms with E-state index in [9.17, 15) is 5.11 Å². The summed E-state index contributed by atoms with van der Waals surface area (Å²) in [7, 11) is 0. The number of aliphatic hydroxyl groups is 1. The van der Waals surface area contributed by atoms with Gasteiger partial charge in [-0.15, -0.1) is 24.0 Å². The highest BCUT2D eigenvalue weighted by Gasteiger charge is 2.05. The van der Waals surface area contributed by atoms with Gasteiger partial charge in [-0.1, -0.05) is 30.3 Å². The Morgan fingerprint density at radius 2 is 2.00 bits per heavy atom. The molecule has 1 rings (SSSR count). The van der Waals surface area contributed by atoms with Gasteiger partial charge in [-0.25, -0.2) is 0 Å². The van der Waals surface area contributed by atoms with Gasteiger partial charge in [0.05, 0.1) is 25.9 Å². The average molecular weight is 481 g/mol. The third kappa shape index (κ3) is 13.4. The summed E-state index contributed by atoms with van der Waals surface area (Å²) in [6.45, 7) is 4.85. The molecule has 25 heavy (non-hydrogen) atoms. The van der Waals surface area contributed by atoms with Gasteiger partial charge in [-0.2, -0.15) is 11.8 Å². The summed E-state index contributed by atoms with van der Waals surface area (Å²) in [5.74, 6) is 1.94. The molecule has 0 heterocycles. The summed E-state index contributed by atoms with van der Waals surface area (Å²) in [5.41, 5.74) is 1.11. The van der Waals surface area contributed by atoms with E-state index in [1.807, 2.05) is 49.0 Å². The lowest BCUT2D eigenvalue weighted by Crippen LogP contribution is -2.38. The summed E-state index contributed by atoms with van der Waals surface area (Å²) in [6.07, 6.45) is 3.85. The van der Waals surface area contributed by atoms with Gasteiger partial charge >= 0.3 is 0 Å². The fourth-order valence-electron chi connectivity index (χ4n) is 2.06. The van der Waals surface area contributed by atoms with E-state index in [2.05, 4.69) is 21.9 Å². The summed E-state index contributed by atoms with van der Waals surface area (Å²) in [6, 6.07) is 9.95. The first-order valence-electron chi connectivity index (χ1n) is 8.57. The van der Waals surface area contributed by atoms with E-state index in [1.165, 1.54) is 12.2 Å². The lowest BCUT2D eigenvalue weighted by molar-refractivity contribution is 0.0331. The number of hydrogen-bond donors (Lipinski definition) is 3. The molecule has 7 heteroatoms. The van der Waals surface area contributed by atoms with Crippen molar-refractivity contribution in [2.24, 2.45) is 4.99 Å². The highest BCUT2D eigenvalue weighted by Crippen LogP contribution is 2.01. The number of guanidine groups is 1. The van der Waals surface area contributed by atoms with Crippen molar-refractivity contribution in [1.29, 1.82) is 0 Å². The van der Waals surface area contributed by atoms with Crippen LogP contribution >= 0.6 is 35.7 Å². The topological polar surface area (TPSA) is 65.9 Å². The summed E-state index contributed by atoms with van der Waals surface area (Å²) in [5, 5.41) is 16.5. The Balaban J connectivity index is 0.00000576. The SMILES string of the molecule is CCNC(=NCC(O)COCc1ccccc1)NCCCCSC.I. The number of benzene rings is 1. The number of nitrogens with zero attached hydrogens (tertiary/aromatic N) is 1. The fourth-order valence-corrected chi connectivity index (χ4v) is 2.55. The molecule has 3 N–H and O–H groups in total. The molecule has 0 spiro atoms. The molecule has 0 aliphatic carbocycles. The highest BCUT2D eigenvalue weighted by molar-refractivity contribution is 14.0. The molecule has 5 nitrogen and oxygen atoms in total. The lowest BCUT2D eigenvalue weighted by Gasteiger charge is -2.13. The first-order valence-corrected chi connectivity index (χ1v) is 9.96. The van der Waals surface area contributed by atoms with Gasteiger partial charge < -0.3 is 20.5 Å². The third-order valence-corrected chi connectivity index (χ3v) is 3.99. The summed E-state index contributed by atoms with van der Waals surface area (Å²) < 4.78 is 5.54. The zero-order valence-corrected chi connectivity index (χ0v) is 18.4. The van der Waals surface area contributed by atoms with E-state index in [-0.39, 0.29) is 30.6 Å². The van der Waals surface area contributed by atoms with Crippen molar-refractivity contribution < 1.29 is 9.84 Å². The van der Waals surface area contributed by atoms with Crippen LogP contribution in [-0.4, -0.2) is 55.4 Å². The van der Waals surface area contributed by atoms with Gasteiger partial charge in [0.1, 0.15) is 0 Å². The van der Waals surface area contributed by atoms with Gasteiger partial charge in [0, 0.05) is 13.1 Å². The van der Waals surface area contributed by atoms with Crippen molar-refractivity contribution in [3.63, 3.8) is 0 Å². The maximum absolute atomic E-state index is 10.00. The number of rotatable bonds is 12. The number of halogens is 1. The molecule has 0 aliphatic heterocycles. The number of ether oxygens (including phenoxy) is 1. The number of nitrogens with one attached hydrogen (secondary N) is 2. The van der Waals surface area contributed by atoms with Crippen LogP contribution in [0.3, 0.4) is 0 Å². The molecule has 0 aromatic heterocycles. The zero-order valence-electron chi connectivity index (χ0n) is 15.2. The summed E-state index contributed by atoms with van der Waals surface area (Å²) in [4.78, 5) is 4.42. The van der Waals surface area contributed by atoms with Crippen LogP contribution in [0.15, 0.2) is 35.3 Å². The molecule has 0 fully saturated rings. The van der Waals surface area contributed by atoms with E-state index < -0.39 is 6.10 Å². The molecular weight excluding hydrogens is 449 g/mol. The van der Waals surface area contributed by atoms with Gasteiger partial charge in [0.2, 0.25) is 0 Å². The second-order valence-electron chi connectivity index (χ2n) is 5.50. The van der Waals surface area contributed by atoms with Crippen LogP contribution in [-0.2, 0) is 11.3 Å². The quantitative estimate of drug-likeness (QED) is 0.186. The molecule has 0 amide bonds. The molecule has 1 unspecified atom stereocenters. The second kappa shape index (κ2) is 16.9. The van der Waals surface area contributed by atoms with Crippen LogP contribution in [0, 0.1) is 0 Å². The Labute approximate surface area is 173 Å². The highest BCUT2D eigenvalue weighted by atomic mass is 127. The van der Waals surface area contributed by atoms with Crippen LogP contribution in [0.2, 0.25) is 0 Å². The smallest absolute Gasteiger partial charge is 0.191 e. The normalized spacial score (nSPS) is 12.4. The third-order valence-electron chi connectivity index (χ3n) is 3.29. The van der Waals surface area contributed by atoms with Crippen molar-refractivity contribution in [2.45, 2.75) is 32.5 Å². The molecule has 144 valence electrons. The predicted octanol–water partition coefficient (Wildman–Crippen LogP) is 2.88. The molecule has 0 aliphatic rings. The Morgan fingerprint density at radius 3 is 2.68 bits per heavy atom. The number of thioether (sulfide) groups is 1. The molecule has 0 radical (unpaired) electrons. The van der Waals surface area contributed by atoms with E-state index in [1.54, 1.807) is 0 Å². The second-order valence-corrected chi connectivity index (χ2v) is 6.49. The van der Waals surface area contributed by atoms with E-state index >= 15 is 0 Å². The molecule has 1 aromatic rings. The van der Waals surface area contributed by atoms with Crippen molar-refractivity contribution in [1.82, 2.24) is 10.6 Å². The van der Waals surface area contributed by atoms with Crippen LogP contribution in [0.25, 0.3) is 0 Å². The minimum Gasteiger partial charge on any atom is -0.389 e. The van der Waals surface area contributed by atoms with Crippen molar-refractivity contribution in [3.8, 4) is 0 Å². The Bertz CT molecular complexity index is 449. The fraction of sp³-hybridized carbons (Fsp3) is 0.611. The number of unbranched alkanes of at least 4 members (excludes halogenated alkanes) is 1. The van der Waals surface area contributed by atoms with Crippen molar-refractivity contribution in [2.75, 3.05) is 38.2 Å². The standard InChI is InChI=1S/C18H31N3O2S.HI/c1-3-19-18(20-11-7-8-12-24-2)21-13-17(22)15-23-14-16-9-5-4-6-10-16;/h4-6,9-10,17,22H,3,7-8,11-15H2,1-2H3,(H2,19,20,21);1H. The maximum atomic E-state index is 10.00. The number of aliphatic hydroxyl groups excluding tert-OH is 1. The molecule has 1 aromatic carbocycles. The van der Waals surface area contributed by atoms with E-state index in [0.29, 0.717) is 13.2 Å². The van der Waals surface area contributed by atoms with Crippen LogP contribution < -0.4 is 10.6 Å². The Morgan fingerprint density at radius 1 is 1.24 bits per heavy atom.